The van der Waals surface area contributed by atoms with Gasteiger partial charge in [-0.1, -0.05) is 18.2 Å². The average molecular weight is 406 g/mol. The lowest BCUT2D eigenvalue weighted by atomic mass is 10.0. The van der Waals surface area contributed by atoms with E-state index in [1.807, 2.05) is 49.5 Å². The lowest BCUT2D eigenvalue weighted by Gasteiger charge is -2.40. The van der Waals surface area contributed by atoms with Gasteiger partial charge in [0.25, 0.3) is 5.91 Å². The van der Waals surface area contributed by atoms with E-state index in [2.05, 4.69) is 15.3 Å². The molecule has 0 atom stereocenters. The van der Waals surface area contributed by atoms with Crippen molar-refractivity contribution in [2.24, 2.45) is 0 Å². The summed E-state index contributed by atoms with van der Waals surface area (Å²) in [6, 6.07) is 13.3. The van der Waals surface area contributed by atoms with Gasteiger partial charge in [0, 0.05) is 25.6 Å². The number of carbonyl (C=O) groups is 2. The van der Waals surface area contributed by atoms with Crippen LogP contribution in [0, 0.1) is 0 Å². The molecule has 1 aromatic heterocycles. The van der Waals surface area contributed by atoms with E-state index in [0.29, 0.717) is 18.5 Å². The van der Waals surface area contributed by atoms with Crippen LogP contribution in [0.3, 0.4) is 0 Å². The van der Waals surface area contributed by atoms with E-state index >= 15 is 0 Å². The number of aromatic nitrogens is 2. The van der Waals surface area contributed by atoms with Gasteiger partial charge in [0.15, 0.2) is 0 Å². The number of H-pyrrole nitrogens is 2. The molecule has 1 aliphatic rings. The highest BCUT2D eigenvalue weighted by Gasteiger charge is 2.39. The van der Waals surface area contributed by atoms with Gasteiger partial charge in [-0.15, -0.1) is 0 Å². The predicted molar refractivity (Wildman–Crippen MR) is 116 cm³/mol. The predicted octanol–water partition coefficient (Wildman–Crippen LogP) is 3.04. The Bertz CT molecular complexity index is 1110. The van der Waals surface area contributed by atoms with Crippen LogP contribution < -0.4 is 11.0 Å². The van der Waals surface area contributed by atoms with Crippen molar-refractivity contribution in [3.05, 3.63) is 58.5 Å². The molecule has 1 saturated carbocycles. The SMILES string of the molecule is CN(C(=O)c1ccc(-c2ccc3[nH]c(=O)[nH]c3c2)cc1)C1(NCCC=O)CCCC1. The zero-order valence-electron chi connectivity index (χ0n) is 17.0. The van der Waals surface area contributed by atoms with Gasteiger partial charge in [0.1, 0.15) is 6.29 Å². The molecule has 2 aromatic carbocycles. The number of rotatable bonds is 7. The van der Waals surface area contributed by atoms with Gasteiger partial charge < -0.3 is 19.7 Å². The van der Waals surface area contributed by atoms with E-state index in [-0.39, 0.29) is 17.3 Å². The first-order valence-electron chi connectivity index (χ1n) is 10.3. The summed E-state index contributed by atoms with van der Waals surface area (Å²) in [5.74, 6) is -0.0348. The fourth-order valence-electron chi connectivity index (χ4n) is 4.36. The second kappa shape index (κ2) is 8.28. The van der Waals surface area contributed by atoms with E-state index in [0.717, 1.165) is 54.1 Å². The largest absolute Gasteiger partial charge is 0.323 e. The number of benzene rings is 2. The fourth-order valence-corrected chi connectivity index (χ4v) is 4.36. The molecular formula is C23H26N4O3. The summed E-state index contributed by atoms with van der Waals surface area (Å²) in [7, 11) is 1.84. The van der Waals surface area contributed by atoms with Crippen LogP contribution >= 0.6 is 0 Å². The number of aldehydes is 1. The van der Waals surface area contributed by atoms with Gasteiger partial charge >= 0.3 is 5.69 Å². The summed E-state index contributed by atoms with van der Waals surface area (Å²) < 4.78 is 0. The molecule has 30 heavy (non-hydrogen) atoms. The summed E-state index contributed by atoms with van der Waals surface area (Å²) in [5, 5.41) is 3.44. The normalized spacial score (nSPS) is 15.4. The zero-order valence-corrected chi connectivity index (χ0v) is 17.0. The molecule has 0 spiro atoms. The summed E-state index contributed by atoms with van der Waals surface area (Å²) in [5.41, 5.74) is 3.47. The van der Waals surface area contributed by atoms with E-state index in [1.165, 1.54) is 0 Å². The van der Waals surface area contributed by atoms with Crippen molar-refractivity contribution in [3.8, 4) is 11.1 Å². The number of amides is 1. The van der Waals surface area contributed by atoms with Crippen molar-refractivity contribution in [2.75, 3.05) is 13.6 Å². The number of carbonyl (C=O) groups excluding carboxylic acids is 2. The van der Waals surface area contributed by atoms with Crippen LogP contribution in [0.5, 0.6) is 0 Å². The van der Waals surface area contributed by atoms with Gasteiger partial charge in [-0.25, -0.2) is 4.79 Å². The fraction of sp³-hybridized carbons (Fsp3) is 0.348. The standard InChI is InChI=1S/C23H26N4O3/c1-27(23(11-2-3-12-23)24-13-4-14-28)21(29)17-7-5-16(6-8-17)18-9-10-19-20(15-18)26-22(30)25-19/h5-10,14-15,24H,2-4,11-13H2,1H3,(H2,25,26,30). The third-order valence-electron chi connectivity index (χ3n) is 6.07. The van der Waals surface area contributed by atoms with Crippen LogP contribution in [0.4, 0.5) is 0 Å². The van der Waals surface area contributed by atoms with Crippen LogP contribution in [0.25, 0.3) is 22.2 Å². The highest BCUT2D eigenvalue weighted by atomic mass is 16.2. The molecule has 1 fully saturated rings. The van der Waals surface area contributed by atoms with Crippen molar-refractivity contribution >= 4 is 23.2 Å². The molecule has 0 unspecified atom stereocenters. The van der Waals surface area contributed by atoms with Crippen LogP contribution in [0.2, 0.25) is 0 Å². The van der Waals surface area contributed by atoms with Crippen LogP contribution in [0.1, 0.15) is 42.5 Å². The van der Waals surface area contributed by atoms with Crippen LogP contribution in [-0.4, -0.2) is 46.3 Å². The molecule has 1 heterocycles. The molecule has 156 valence electrons. The third kappa shape index (κ3) is 3.80. The third-order valence-corrected chi connectivity index (χ3v) is 6.07. The molecule has 0 radical (unpaired) electrons. The van der Waals surface area contributed by atoms with E-state index in [1.54, 1.807) is 4.90 Å². The number of fused-ring (bicyclic) bond motifs is 1. The Hall–Kier alpha value is -3.19. The maximum Gasteiger partial charge on any atom is 0.323 e. The summed E-state index contributed by atoms with van der Waals surface area (Å²) in [6.07, 6.45) is 5.25. The second-order valence-corrected chi connectivity index (χ2v) is 7.90. The van der Waals surface area contributed by atoms with E-state index in [9.17, 15) is 14.4 Å². The number of imidazole rings is 1. The van der Waals surface area contributed by atoms with Crippen molar-refractivity contribution in [3.63, 3.8) is 0 Å². The van der Waals surface area contributed by atoms with Gasteiger partial charge in [-0.2, -0.15) is 0 Å². The molecule has 7 heteroatoms. The quantitative estimate of drug-likeness (QED) is 0.319. The first-order chi connectivity index (χ1) is 14.5. The van der Waals surface area contributed by atoms with Gasteiger partial charge in [-0.05, 0) is 61.1 Å². The topological polar surface area (TPSA) is 98.1 Å². The molecule has 4 rings (SSSR count). The molecule has 3 aromatic rings. The number of nitrogens with zero attached hydrogens (tertiary/aromatic N) is 1. The van der Waals surface area contributed by atoms with Gasteiger partial charge in [0.05, 0.1) is 16.7 Å². The molecule has 0 saturated heterocycles. The molecule has 0 aliphatic heterocycles. The smallest absolute Gasteiger partial charge is 0.323 e. The lowest BCUT2D eigenvalue weighted by Crippen LogP contribution is -2.57. The Balaban J connectivity index is 1.54. The van der Waals surface area contributed by atoms with Crippen molar-refractivity contribution in [2.45, 2.75) is 37.8 Å². The summed E-state index contributed by atoms with van der Waals surface area (Å²) in [6.45, 7) is 0.573. The maximum absolute atomic E-state index is 13.2. The monoisotopic (exact) mass is 406 g/mol. The first kappa shape index (κ1) is 20.1. The van der Waals surface area contributed by atoms with Crippen LogP contribution in [-0.2, 0) is 4.79 Å². The number of nitrogens with one attached hydrogen (secondary N) is 3. The number of hydrogen-bond donors (Lipinski definition) is 3. The highest BCUT2D eigenvalue weighted by Crippen LogP contribution is 2.33. The Morgan fingerprint density at radius 1 is 1.07 bits per heavy atom. The zero-order chi connectivity index (χ0) is 21.1. The van der Waals surface area contributed by atoms with Crippen LogP contribution in [0.15, 0.2) is 47.3 Å². The molecule has 3 N–H and O–H groups in total. The van der Waals surface area contributed by atoms with E-state index < -0.39 is 0 Å². The number of hydrogen-bond acceptors (Lipinski definition) is 4. The highest BCUT2D eigenvalue weighted by molar-refractivity contribution is 5.95. The molecule has 1 aliphatic carbocycles. The molecule has 1 amide bonds. The molecule has 0 bridgehead atoms. The van der Waals surface area contributed by atoms with Gasteiger partial charge in [0.2, 0.25) is 0 Å². The van der Waals surface area contributed by atoms with Crippen molar-refractivity contribution in [1.82, 2.24) is 20.2 Å². The maximum atomic E-state index is 13.2. The van der Waals surface area contributed by atoms with Crippen molar-refractivity contribution in [1.29, 1.82) is 0 Å². The average Bonchev–Trinajstić information content (AvgIpc) is 3.39. The Morgan fingerprint density at radius 2 is 1.73 bits per heavy atom. The van der Waals surface area contributed by atoms with Crippen molar-refractivity contribution < 1.29 is 9.59 Å². The molecule has 7 nitrogen and oxygen atoms in total. The Morgan fingerprint density at radius 3 is 2.43 bits per heavy atom. The minimum Gasteiger partial charge on any atom is -0.323 e. The van der Waals surface area contributed by atoms with Gasteiger partial charge in [-0.3, -0.25) is 10.1 Å². The minimum atomic E-state index is -0.385. The number of aromatic amines is 2. The summed E-state index contributed by atoms with van der Waals surface area (Å²) >= 11 is 0. The molecular weight excluding hydrogens is 380 g/mol. The summed E-state index contributed by atoms with van der Waals surface area (Å²) in [4.78, 5) is 42.6. The Labute approximate surface area is 174 Å². The minimum absolute atomic E-state index is 0.0348. The first-order valence-corrected chi connectivity index (χ1v) is 10.3. The Kier molecular flexibility index (Phi) is 5.55. The lowest BCUT2D eigenvalue weighted by molar-refractivity contribution is -0.107. The second-order valence-electron chi connectivity index (χ2n) is 7.90. The van der Waals surface area contributed by atoms with E-state index in [4.69, 9.17) is 0 Å².